The number of aromatic amines is 1. The fourth-order valence-corrected chi connectivity index (χ4v) is 1.06. The summed E-state index contributed by atoms with van der Waals surface area (Å²) in [4.78, 5) is 15.0. The summed E-state index contributed by atoms with van der Waals surface area (Å²) in [7, 11) is 0. The maximum Gasteiger partial charge on any atom is 0.288 e. The Hall–Kier alpha value is -1.63. The van der Waals surface area contributed by atoms with E-state index in [0.29, 0.717) is 19.4 Å². The molecule has 1 aromatic heterocycles. The summed E-state index contributed by atoms with van der Waals surface area (Å²) in [6.07, 6.45) is 1.02. The SMILES string of the molecule is CC(O)CCCNC(=O)c1nc(N)n[nH]1. The van der Waals surface area contributed by atoms with Crippen LogP contribution in [0.15, 0.2) is 0 Å². The van der Waals surface area contributed by atoms with E-state index in [1.165, 1.54) is 0 Å². The topological polar surface area (TPSA) is 117 Å². The molecular weight excluding hydrogens is 198 g/mol. The third-order valence-corrected chi connectivity index (χ3v) is 1.80. The Labute approximate surface area is 87.1 Å². The number of hydrogen-bond acceptors (Lipinski definition) is 5. The summed E-state index contributed by atoms with van der Waals surface area (Å²) in [6.45, 7) is 2.20. The number of carbonyl (C=O) groups is 1. The van der Waals surface area contributed by atoms with Gasteiger partial charge < -0.3 is 16.2 Å². The molecule has 1 unspecified atom stereocenters. The predicted molar refractivity (Wildman–Crippen MR) is 54.0 cm³/mol. The average molecular weight is 213 g/mol. The molecule has 1 heterocycles. The highest BCUT2D eigenvalue weighted by Crippen LogP contribution is 1.95. The Morgan fingerprint density at radius 1 is 1.73 bits per heavy atom. The largest absolute Gasteiger partial charge is 0.393 e. The maximum atomic E-state index is 11.3. The molecule has 84 valence electrons. The summed E-state index contributed by atoms with van der Waals surface area (Å²) in [5, 5.41) is 17.6. The number of nitrogens with two attached hydrogens (primary N) is 1. The van der Waals surface area contributed by atoms with Crippen molar-refractivity contribution in [3.8, 4) is 0 Å². The van der Waals surface area contributed by atoms with Gasteiger partial charge in [0.25, 0.3) is 5.91 Å². The normalized spacial score (nSPS) is 12.4. The number of aliphatic hydroxyl groups is 1. The molecule has 1 amide bonds. The number of carbonyl (C=O) groups excluding carboxylic acids is 1. The van der Waals surface area contributed by atoms with Crippen LogP contribution in [0.2, 0.25) is 0 Å². The Morgan fingerprint density at radius 2 is 2.47 bits per heavy atom. The minimum Gasteiger partial charge on any atom is -0.393 e. The molecule has 1 aromatic rings. The van der Waals surface area contributed by atoms with Crippen LogP contribution in [0.4, 0.5) is 5.95 Å². The van der Waals surface area contributed by atoms with Crippen LogP contribution in [0.1, 0.15) is 30.4 Å². The minimum absolute atomic E-state index is 0.0455. The molecule has 0 aliphatic rings. The van der Waals surface area contributed by atoms with E-state index in [0.717, 1.165) is 0 Å². The van der Waals surface area contributed by atoms with Crippen molar-refractivity contribution in [3.63, 3.8) is 0 Å². The quantitative estimate of drug-likeness (QED) is 0.481. The first-order chi connectivity index (χ1) is 7.09. The summed E-state index contributed by atoms with van der Waals surface area (Å²) in [5.74, 6) is -0.196. The molecule has 0 aliphatic heterocycles. The van der Waals surface area contributed by atoms with Gasteiger partial charge in [-0.2, -0.15) is 4.98 Å². The molecule has 15 heavy (non-hydrogen) atoms. The van der Waals surface area contributed by atoms with Crippen molar-refractivity contribution in [2.75, 3.05) is 12.3 Å². The van der Waals surface area contributed by atoms with Crippen molar-refractivity contribution in [3.05, 3.63) is 5.82 Å². The molecule has 0 spiro atoms. The smallest absolute Gasteiger partial charge is 0.288 e. The van der Waals surface area contributed by atoms with Crippen LogP contribution in [-0.4, -0.2) is 38.8 Å². The number of aromatic nitrogens is 3. The summed E-state index contributed by atoms with van der Waals surface area (Å²) in [5.41, 5.74) is 5.24. The average Bonchev–Trinajstić information content (AvgIpc) is 2.59. The highest BCUT2D eigenvalue weighted by Gasteiger charge is 2.09. The van der Waals surface area contributed by atoms with Gasteiger partial charge in [-0.3, -0.25) is 9.89 Å². The molecule has 0 fully saturated rings. The molecule has 7 nitrogen and oxygen atoms in total. The number of H-pyrrole nitrogens is 1. The molecule has 7 heteroatoms. The number of nitrogens with one attached hydrogen (secondary N) is 2. The van der Waals surface area contributed by atoms with Gasteiger partial charge in [-0.05, 0) is 19.8 Å². The van der Waals surface area contributed by atoms with Gasteiger partial charge in [0.2, 0.25) is 11.8 Å². The fourth-order valence-electron chi connectivity index (χ4n) is 1.06. The lowest BCUT2D eigenvalue weighted by Crippen LogP contribution is -2.26. The second-order valence-electron chi connectivity index (χ2n) is 3.29. The lowest BCUT2D eigenvalue weighted by atomic mass is 10.2. The zero-order valence-electron chi connectivity index (χ0n) is 8.53. The second kappa shape index (κ2) is 5.30. The number of anilines is 1. The summed E-state index contributed by atoms with van der Waals surface area (Å²) in [6, 6.07) is 0. The van der Waals surface area contributed by atoms with Crippen LogP contribution in [0.25, 0.3) is 0 Å². The van der Waals surface area contributed by atoms with Crippen molar-refractivity contribution in [2.24, 2.45) is 0 Å². The van der Waals surface area contributed by atoms with E-state index >= 15 is 0 Å². The molecule has 5 N–H and O–H groups in total. The van der Waals surface area contributed by atoms with E-state index in [1.807, 2.05) is 0 Å². The standard InChI is InChI=1S/C8H15N5O2/c1-5(14)3-2-4-10-7(15)6-11-8(9)13-12-6/h5,14H,2-4H2,1H3,(H,10,15)(H3,9,11,12,13). The van der Waals surface area contributed by atoms with Gasteiger partial charge in [0.1, 0.15) is 0 Å². The molecule has 0 saturated carbocycles. The molecule has 1 rings (SSSR count). The molecule has 0 aliphatic carbocycles. The van der Waals surface area contributed by atoms with E-state index in [9.17, 15) is 4.79 Å². The monoisotopic (exact) mass is 213 g/mol. The maximum absolute atomic E-state index is 11.3. The van der Waals surface area contributed by atoms with Gasteiger partial charge in [-0.25, -0.2) is 0 Å². The molecular formula is C8H15N5O2. The van der Waals surface area contributed by atoms with Crippen LogP contribution in [0.5, 0.6) is 0 Å². The summed E-state index contributed by atoms with van der Waals surface area (Å²) >= 11 is 0. The third kappa shape index (κ3) is 3.94. The number of amides is 1. The second-order valence-corrected chi connectivity index (χ2v) is 3.29. The van der Waals surface area contributed by atoms with Crippen LogP contribution in [0.3, 0.4) is 0 Å². The Morgan fingerprint density at radius 3 is 3.00 bits per heavy atom. The number of nitrogen functional groups attached to an aromatic ring is 1. The minimum atomic E-state index is -0.345. The fraction of sp³-hybridized carbons (Fsp3) is 0.625. The zero-order valence-corrected chi connectivity index (χ0v) is 8.53. The lowest BCUT2D eigenvalue weighted by Gasteiger charge is -2.04. The molecule has 1 atom stereocenters. The van der Waals surface area contributed by atoms with Gasteiger partial charge in [0.15, 0.2) is 0 Å². The number of hydrogen-bond donors (Lipinski definition) is 4. The number of nitrogens with zero attached hydrogens (tertiary/aromatic N) is 2. The predicted octanol–water partition coefficient (Wildman–Crippen LogP) is -0.722. The first kappa shape index (κ1) is 11.4. The van der Waals surface area contributed by atoms with Gasteiger partial charge in [-0.15, -0.1) is 5.10 Å². The van der Waals surface area contributed by atoms with Crippen molar-refractivity contribution in [1.29, 1.82) is 0 Å². The Balaban J connectivity index is 2.25. The highest BCUT2D eigenvalue weighted by atomic mass is 16.3. The molecule has 0 bridgehead atoms. The van der Waals surface area contributed by atoms with Crippen molar-refractivity contribution >= 4 is 11.9 Å². The molecule has 0 aromatic carbocycles. The van der Waals surface area contributed by atoms with Gasteiger partial charge in [0, 0.05) is 6.54 Å². The van der Waals surface area contributed by atoms with Gasteiger partial charge in [-0.1, -0.05) is 0 Å². The lowest BCUT2D eigenvalue weighted by molar-refractivity contribution is 0.0940. The van der Waals surface area contributed by atoms with Crippen molar-refractivity contribution in [2.45, 2.75) is 25.9 Å². The van der Waals surface area contributed by atoms with Crippen molar-refractivity contribution in [1.82, 2.24) is 20.5 Å². The summed E-state index contributed by atoms with van der Waals surface area (Å²) < 4.78 is 0. The first-order valence-corrected chi connectivity index (χ1v) is 4.73. The number of rotatable bonds is 5. The zero-order chi connectivity index (χ0) is 11.3. The van der Waals surface area contributed by atoms with Gasteiger partial charge in [0.05, 0.1) is 6.10 Å². The van der Waals surface area contributed by atoms with Crippen molar-refractivity contribution < 1.29 is 9.90 Å². The number of aliphatic hydroxyl groups excluding tert-OH is 1. The van der Waals surface area contributed by atoms with Crippen LogP contribution in [0, 0.1) is 0 Å². The van der Waals surface area contributed by atoms with Gasteiger partial charge >= 0.3 is 0 Å². The van der Waals surface area contributed by atoms with E-state index < -0.39 is 0 Å². The van der Waals surface area contributed by atoms with Crippen LogP contribution < -0.4 is 11.1 Å². The van der Waals surface area contributed by atoms with E-state index in [4.69, 9.17) is 10.8 Å². The van der Waals surface area contributed by atoms with Crippen LogP contribution >= 0.6 is 0 Å². The van der Waals surface area contributed by atoms with E-state index in [-0.39, 0.29) is 23.8 Å². The third-order valence-electron chi connectivity index (χ3n) is 1.80. The van der Waals surface area contributed by atoms with E-state index in [1.54, 1.807) is 6.92 Å². The first-order valence-electron chi connectivity index (χ1n) is 4.73. The molecule has 0 saturated heterocycles. The Kier molecular flexibility index (Phi) is 4.04. The molecule has 0 radical (unpaired) electrons. The van der Waals surface area contributed by atoms with Crippen LogP contribution in [-0.2, 0) is 0 Å². The highest BCUT2D eigenvalue weighted by molar-refractivity contribution is 5.90. The van der Waals surface area contributed by atoms with E-state index in [2.05, 4.69) is 20.5 Å². The Bertz CT molecular complexity index is 323.